The van der Waals surface area contributed by atoms with E-state index >= 15 is 0 Å². The Labute approximate surface area is 203 Å². The zero-order valence-corrected chi connectivity index (χ0v) is 19.1. The Morgan fingerprint density at radius 3 is 2.57 bits per heavy atom. The number of nitrogens with one attached hydrogen (secondary N) is 3. The van der Waals surface area contributed by atoms with Crippen molar-refractivity contribution in [2.45, 2.75) is 12.5 Å². The molecule has 1 atom stereocenters. The van der Waals surface area contributed by atoms with E-state index in [0.29, 0.717) is 50.9 Å². The molecule has 9 nitrogen and oxygen atoms in total. The van der Waals surface area contributed by atoms with Gasteiger partial charge in [0.05, 0.1) is 22.4 Å². The van der Waals surface area contributed by atoms with Gasteiger partial charge in [0, 0.05) is 12.7 Å². The number of hydrogen-bond donors (Lipinski definition) is 3. The van der Waals surface area contributed by atoms with Gasteiger partial charge >= 0.3 is 6.03 Å². The number of pyridine rings is 1. The van der Waals surface area contributed by atoms with Crippen LogP contribution in [-0.2, 0) is 4.79 Å². The third-order valence-corrected chi connectivity index (χ3v) is 6.98. The highest BCUT2D eigenvalue weighted by molar-refractivity contribution is 7.21. The van der Waals surface area contributed by atoms with E-state index in [0.717, 1.165) is 5.75 Å². The number of amides is 4. The van der Waals surface area contributed by atoms with Gasteiger partial charge in [-0.05, 0) is 48.9 Å². The van der Waals surface area contributed by atoms with Crippen molar-refractivity contribution in [2.24, 2.45) is 0 Å². The van der Waals surface area contributed by atoms with E-state index in [1.807, 2.05) is 30.3 Å². The fourth-order valence-electron chi connectivity index (χ4n) is 4.24. The van der Waals surface area contributed by atoms with Crippen molar-refractivity contribution < 1.29 is 19.1 Å². The molecule has 1 unspecified atom stereocenters. The summed E-state index contributed by atoms with van der Waals surface area (Å²) in [7, 11) is 0. The molecule has 0 saturated carbocycles. The minimum Gasteiger partial charge on any atom is -0.457 e. The van der Waals surface area contributed by atoms with Gasteiger partial charge in [0.1, 0.15) is 27.2 Å². The largest absolute Gasteiger partial charge is 0.457 e. The number of benzene rings is 2. The molecule has 0 bridgehead atoms. The lowest BCUT2D eigenvalue weighted by Crippen LogP contribution is -2.40. The van der Waals surface area contributed by atoms with Gasteiger partial charge in [-0.25, -0.2) is 9.78 Å². The molecule has 0 radical (unpaired) electrons. The summed E-state index contributed by atoms with van der Waals surface area (Å²) in [6.07, 6.45) is 2.14. The summed E-state index contributed by atoms with van der Waals surface area (Å²) in [6, 6.07) is 17.4. The van der Waals surface area contributed by atoms with Gasteiger partial charge in [-0.15, -0.1) is 11.3 Å². The van der Waals surface area contributed by atoms with E-state index in [1.165, 1.54) is 11.3 Å². The topological polar surface area (TPSA) is 113 Å². The van der Waals surface area contributed by atoms with Crippen LogP contribution in [0.25, 0.3) is 10.2 Å². The van der Waals surface area contributed by atoms with E-state index in [9.17, 15) is 14.4 Å². The number of carbonyl (C=O) groups is 3. The highest BCUT2D eigenvalue weighted by Crippen LogP contribution is 2.45. The molecule has 2 aromatic carbocycles. The molecule has 174 valence electrons. The van der Waals surface area contributed by atoms with Gasteiger partial charge in [0.2, 0.25) is 5.91 Å². The number of ether oxygens (including phenoxy) is 1. The maximum Gasteiger partial charge on any atom is 0.331 e. The second-order valence-corrected chi connectivity index (χ2v) is 9.10. The molecule has 4 heterocycles. The molecule has 3 N–H and O–H groups in total. The molecule has 0 aliphatic carbocycles. The number of para-hydroxylation sites is 1. The van der Waals surface area contributed by atoms with Crippen LogP contribution in [0.2, 0.25) is 0 Å². The standard InChI is InChI=1S/C25H19N5O4S/c31-22-17(10-12-26-22)28-23(32)21-20-19-18(11-13-27-24(19)35-21)30(25(33)29-20)14-6-8-16(9-7-14)34-15-4-2-1-3-5-15/h1-9,11,13,17H,10,12H2,(H,26,31)(H,28,32)(H,29,33). The summed E-state index contributed by atoms with van der Waals surface area (Å²) in [4.78, 5) is 45.0. The van der Waals surface area contributed by atoms with Crippen LogP contribution in [0.1, 0.15) is 16.1 Å². The first-order valence-electron chi connectivity index (χ1n) is 11.0. The van der Waals surface area contributed by atoms with Crippen LogP contribution in [0.3, 0.4) is 0 Å². The molecule has 4 aromatic rings. The highest BCUT2D eigenvalue weighted by Gasteiger charge is 2.34. The molecule has 1 fully saturated rings. The van der Waals surface area contributed by atoms with Crippen LogP contribution in [0, 0.1) is 0 Å². The Morgan fingerprint density at radius 1 is 1.06 bits per heavy atom. The molecular formula is C25H19N5O4S. The van der Waals surface area contributed by atoms with Crippen LogP contribution in [0.4, 0.5) is 21.9 Å². The number of nitrogens with zero attached hydrogens (tertiary/aromatic N) is 2. The Kier molecular flexibility index (Phi) is 5.07. The zero-order chi connectivity index (χ0) is 23.9. The quantitative estimate of drug-likeness (QED) is 0.388. The molecule has 2 aliphatic heterocycles. The number of hydrogen-bond acceptors (Lipinski definition) is 6. The van der Waals surface area contributed by atoms with Gasteiger partial charge in [0.15, 0.2) is 0 Å². The lowest BCUT2D eigenvalue weighted by molar-refractivity contribution is -0.120. The van der Waals surface area contributed by atoms with Crippen molar-refractivity contribution in [2.75, 3.05) is 16.8 Å². The number of thiophene rings is 1. The SMILES string of the molecule is O=C(NC1CCNC1=O)c1sc2nccc3c2c1NC(=O)N3c1ccc(Oc2ccccc2)cc1. The van der Waals surface area contributed by atoms with E-state index in [1.54, 1.807) is 41.4 Å². The lowest BCUT2D eigenvalue weighted by Gasteiger charge is -2.28. The first-order chi connectivity index (χ1) is 17.1. The second-order valence-electron chi connectivity index (χ2n) is 8.10. The third kappa shape index (κ3) is 3.73. The second kappa shape index (κ2) is 8.41. The minimum atomic E-state index is -0.584. The van der Waals surface area contributed by atoms with Crippen LogP contribution < -0.4 is 25.6 Å². The monoisotopic (exact) mass is 485 g/mol. The fraction of sp³-hybridized carbons (Fsp3) is 0.120. The molecule has 2 aromatic heterocycles. The third-order valence-electron chi connectivity index (χ3n) is 5.88. The van der Waals surface area contributed by atoms with Gasteiger partial charge < -0.3 is 20.7 Å². The van der Waals surface area contributed by atoms with Crippen LogP contribution in [0.15, 0.2) is 66.9 Å². The number of anilines is 3. The molecule has 10 heteroatoms. The number of carbonyl (C=O) groups excluding carboxylic acids is 3. The van der Waals surface area contributed by atoms with Crippen molar-refractivity contribution >= 4 is 56.5 Å². The molecule has 4 amide bonds. The van der Waals surface area contributed by atoms with E-state index in [4.69, 9.17) is 4.74 Å². The van der Waals surface area contributed by atoms with Gasteiger partial charge in [-0.2, -0.15) is 0 Å². The molecule has 0 spiro atoms. The van der Waals surface area contributed by atoms with Crippen molar-refractivity contribution in [1.82, 2.24) is 15.6 Å². The Morgan fingerprint density at radius 2 is 1.83 bits per heavy atom. The summed E-state index contributed by atoms with van der Waals surface area (Å²) in [6.45, 7) is 0.523. The average Bonchev–Trinajstić information content (AvgIpc) is 3.44. The number of urea groups is 1. The minimum absolute atomic E-state index is 0.207. The Balaban J connectivity index is 1.33. The first kappa shape index (κ1) is 21.1. The predicted molar refractivity (Wildman–Crippen MR) is 133 cm³/mol. The molecule has 6 rings (SSSR count). The first-order valence-corrected chi connectivity index (χ1v) is 11.8. The summed E-state index contributed by atoms with van der Waals surface area (Å²) in [5.41, 5.74) is 1.68. The van der Waals surface area contributed by atoms with Crippen molar-refractivity contribution in [3.63, 3.8) is 0 Å². The van der Waals surface area contributed by atoms with Gasteiger partial charge in [-0.3, -0.25) is 14.5 Å². The summed E-state index contributed by atoms with van der Waals surface area (Å²) in [5, 5.41) is 9.00. The maximum absolute atomic E-state index is 13.2. The smallest absolute Gasteiger partial charge is 0.331 e. The van der Waals surface area contributed by atoms with Gasteiger partial charge in [0.25, 0.3) is 5.91 Å². The summed E-state index contributed by atoms with van der Waals surface area (Å²) >= 11 is 1.18. The fourth-order valence-corrected chi connectivity index (χ4v) is 5.27. The maximum atomic E-state index is 13.2. The average molecular weight is 486 g/mol. The van der Waals surface area contributed by atoms with E-state index < -0.39 is 18.0 Å². The van der Waals surface area contributed by atoms with E-state index in [-0.39, 0.29) is 5.91 Å². The van der Waals surface area contributed by atoms with Crippen molar-refractivity contribution in [3.05, 3.63) is 71.7 Å². The molecule has 1 saturated heterocycles. The Hall–Kier alpha value is -4.44. The number of aromatic nitrogens is 1. The normalized spacial score (nSPS) is 16.7. The summed E-state index contributed by atoms with van der Waals surface area (Å²) < 4.78 is 5.85. The van der Waals surface area contributed by atoms with Crippen molar-refractivity contribution in [3.8, 4) is 11.5 Å². The predicted octanol–water partition coefficient (Wildman–Crippen LogP) is 4.39. The van der Waals surface area contributed by atoms with Crippen LogP contribution in [-0.4, -0.2) is 35.4 Å². The van der Waals surface area contributed by atoms with Crippen molar-refractivity contribution in [1.29, 1.82) is 0 Å². The van der Waals surface area contributed by atoms with Gasteiger partial charge in [-0.1, -0.05) is 18.2 Å². The Bertz CT molecular complexity index is 1470. The summed E-state index contributed by atoms with van der Waals surface area (Å²) in [5.74, 6) is 0.743. The zero-order valence-electron chi connectivity index (χ0n) is 18.3. The van der Waals surface area contributed by atoms with Crippen LogP contribution in [0.5, 0.6) is 11.5 Å². The van der Waals surface area contributed by atoms with Crippen LogP contribution >= 0.6 is 11.3 Å². The lowest BCUT2D eigenvalue weighted by atomic mass is 10.1. The number of rotatable bonds is 5. The molecule has 2 aliphatic rings. The molecule has 35 heavy (non-hydrogen) atoms. The van der Waals surface area contributed by atoms with E-state index in [2.05, 4.69) is 20.9 Å². The molecular weight excluding hydrogens is 466 g/mol. The highest BCUT2D eigenvalue weighted by atomic mass is 32.1.